The molecule has 0 aliphatic heterocycles. The van der Waals surface area contributed by atoms with Gasteiger partial charge in [-0.25, -0.2) is 4.39 Å². The Labute approximate surface area is 106 Å². The summed E-state index contributed by atoms with van der Waals surface area (Å²) in [6, 6.07) is 7.34. The van der Waals surface area contributed by atoms with E-state index in [2.05, 4.69) is 21.2 Å². The zero-order valence-electron chi connectivity index (χ0n) is 8.76. The predicted molar refractivity (Wildman–Crippen MR) is 70.2 cm³/mol. The first-order valence-corrected chi connectivity index (χ1v) is 6.56. The maximum absolute atomic E-state index is 13.7. The van der Waals surface area contributed by atoms with Crippen molar-refractivity contribution >= 4 is 27.3 Å². The van der Waals surface area contributed by atoms with Crippen LogP contribution >= 0.6 is 27.3 Å². The second-order valence-corrected chi connectivity index (χ2v) is 5.20. The van der Waals surface area contributed by atoms with Gasteiger partial charge < -0.3 is 5.32 Å². The van der Waals surface area contributed by atoms with E-state index in [0.29, 0.717) is 12.1 Å². The van der Waals surface area contributed by atoms with E-state index in [1.807, 2.05) is 30.6 Å². The van der Waals surface area contributed by atoms with Gasteiger partial charge in [-0.15, -0.1) is 11.3 Å². The predicted octanol–water partition coefficient (Wildman–Crippen LogP) is 4.04. The third-order valence-corrected chi connectivity index (χ3v) is 4.19. The van der Waals surface area contributed by atoms with E-state index in [1.165, 1.54) is 0 Å². The Balaban J connectivity index is 2.38. The Hall–Kier alpha value is -0.710. The minimum Gasteiger partial charge on any atom is -0.316 e. The fraction of sp³-hybridized carbons (Fsp3) is 0.167. The van der Waals surface area contributed by atoms with Crippen LogP contribution in [0.1, 0.15) is 5.56 Å². The number of thiophene rings is 1. The lowest BCUT2D eigenvalue weighted by Crippen LogP contribution is -2.06. The Morgan fingerprint density at radius 1 is 1.38 bits per heavy atom. The standard InChI is InChI=1S/C12H11BrFNS/c1-15-7-9-3-2-8(6-11(9)14)12-10(13)4-5-16-12/h2-6,15H,7H2,1H3. The molecule has 4 heteroatoms. The van der Waals surface area contributed by atoms with Gasteiger partial charge in [0.05, 0.1) is 0 Å². The molecule has 0 radical (unpaired) electrons. The Bertz CT molecular complexity index is 496. The van der Waals surface area contributed by atoms with Crippen LogP contribution in [0.5, 0.6) is 0 Å². The van der Waals surface area contributed by atoms with Gasteiger partial charge in [0.2, 0.25) is 0 Å². The van der Waals surface area contributed by atoms with E-state index in [9.17, 15) is 4.39 Å². The first kappa shape index (κ1) is 11.8. The highest BCUT2D eigenvalue weighted by molar-refractivity contribution is 9.10. The van der Waals surface area contributed by atoms with Crippen molar-refractivity contribution in [1.82, 2.24) is 5.32 Å². The number of benzene rings is 1. The fourth-order valence-electron chi connectivity index (χ4n) is 1.52. The van der Waals surface area contributed by atoms with E-state index in [1.54, 1.807) is 17.4 Å². The van der Waals surface area contributed by atoms with Gasteiger partial charge in [0.1, 0.15) is 5.82 Å². The van der Waals surface area contributed by atoms with Crippen molar-refractivity contribution in [3.8, 4) is 10.4 Å². The largest absolute Gasteiger partial charge is 0.316 e. The van der Waals surface area contributed by atoms with Crippen molar-refractivity contribution < 1.29 is 4.39 Å². The number of nitrogens with one attached hydrogen (secondary N) is 1. The lowest BCUT2D eigenvalue weighted by atomic mass is 10.1. The summed E-state index contributed by atoms with van der Waals surface area (Å²) in [5, 5.41) is 4.93. The zero-order valence-corrected chi connectivity index (χ0v) is 11.2. The minimum absolute atomic E-state index is 0.160. The van der Waals surface area contributed by atoms with Gasteiger partial charge in [0.25, 0.3) is 0 Å². The molecule has 0 aliphatic rings. The highest BCUT2D eigenvalue weighted by atomic mass is 79.9. The smallest absolute Gasteiger partial charge is 0.128 e. The molecular formula is C12H11BrFNS. The molecule has 0 aliphatic carbocycles. The van der Waals surface area contributed by atoms with Crippen LogP contribution in [0.15, 0.2) is 34.1 Å². The van der Waals surface area contributed by atoms with Gasteiger partial charge in [-0.1, -0.05) is 12.1 Å². The van der Waals surface area contributed by atoms with Crippen molar-refractivity contribution in [3.63, 3.8) is 0 Å². The number of hydrogen-bond donors (Lipinski definition) is 1. The molecule has 16 heavy (non-hydrogen) atoms. The number of rotatable bonds is 3. The van der Waals surface area contributed by atoms with Crippen molar-refractivity contribution in [2.24, 2.45) is 0 Å². The lowest BCUT2D eigenvalue weighted by molar-refractivity contribution is 0.601. The summed E-state index contributed by atoms with van der Waals surface area (Å²) in [5.74, 6) is -0.160. The third-order valence-electron chi connectivity index (χ3n) is 2.30. The molecule has 1 aromatic heterocycles. The summed E-state index contributed by atoms with van der Waals surface area (Å²) in [6.45, 7) is 0.553. The van der Waals surface area contributed by atoms with Crippen LogP contribution in [0.25, 0.3) is 10.4 Å². The second kappa shape index (κ2) is 5.08. The molecule has 1 aromatic carbocycles. The Kier molecular flexibility index (Phi) is 3.74. The first-order valence-electron chi connectivity index (χ1n) is 4.88. The van der Waals surface area contributed by atoms with Gasteiger partial charge in [-0.3, -0.25) is 0 Å². The van der Waals surface area contributed by atoms with Crippen LogP contribution in [0.4, 0.5) is 4.39 Å². The summed E-state index contributed by atoms with van der Waals surface area (Å²) in [7, 11) is 1.81. The SMILES string of the molecule is CNCc1ccc(-c2sccc2Br)cc1F. The summed E-state index contributed by atoms with van der Waals surface area (Å²) in [4.78, 5) is 1.06. The normalized spacial score (nSPS) is 10.7. The molecule has 0 saturated heterocycles. The molecule has 0 fully saturated rings. The highest BCUT2D eigenvalue weighted by Crippen LogP contribution is 2.34. The molecule has 2 rings (SSSR count). The molecular weight excluding hydrogens is 289 g/mol. The average molecular weight is 300 g/mol. The summed E-state index contributed by atoms with van der Waals surface area (Å²) < 4.78 is 14.7. The quantitative estimate of drug-likeness (QED) is 0.902. The molecule has 0 amide bonds. The molecule has 0 spiro atoms. The first-order chi connectivity index (χ1) is 7.72. The van der Waals surface area contributed by atoms with Gasteiger partial charge in [0.15, 0.2) is 0 Å². The minimum atomic E-state index is -0.160. The summed E-state index contributed by atoms with van der Waals surface area (Å²) >= 11 is 5.05. The van der Waals surface area contributed by atoms with Crippen LogP contribution < -0.4 is 5.32 Å². The second-order valence-electron chi connectivity index (χ2n) is 3.43. The number of hydrogen-bond acceptors (Lipinski definition) is 2. The molecule has 0 atom stereocenters. The summed E-state index contributed by atoms with van der Waals surface area (Å²) in [6.07, 6.45) is 0. The maximum Gasteiger partial charge on any atom is 0.128 e. The average Bonchev–Trinajstić information content (AvgIpc) is 2.68. The molecule has 2 aromatic rings. The van der Waals surface area contributed by atoms with E-state index in [4.69, 9.17) is 0 Å². The Morgan fingerprint density at radius 2 is 2.19 bits per heavy atom. The van der Waals surface area contributed by atoms with Crippen LogP contribution in [0.3, 0.4) is 0 Å². The van der Waals surface area contributed by atoms with Gasteiger partial charge in [0, 0.05) is 21.5 Å². The Morgan fingerprint density at radius 3 is 2.75 bits per heavy atom. The van der Waals surface area contributed by atoms with E-state index in [-0.39, 0.29) is 5.82 Å². The van der Waals surface area contributed by atoms with Crippen molar-refractivity contribution in [2.75, 3.05) is 7.05 Å². The monoisotopic (exact) mass is 299 g/mol. The van der Waals surface area contributed by atoms with Crippen molar-refractivity contribution in [2.45, 2.75) is 6.54 Å². The van der Waals surface area contributed by atoms with Gasteiger partial charge in [-0.2, -0.15) is 0 Å². The molecule has 0 saturated carbocycles. The maximum atomic E-state index is 13.7. The highest BCUT2D eigenvalue weighted by Gasteiger charge is 2.08. The van der Waals surface area contributed by atoms with Crippen LogP contribution in [-0.2, 0) is 6.54 Å². The number of halogens is 2. The van der Waals surface area contributed by atoms with Crippen LogP contribution in [-0.4, -0.2) is 7.05 Å². The van der Waals surface area contributed by atoms with Gasteiger partial charge in [-0.05, 0) is 46.1 Å². The molecule has 0 unspecified atom stereocenters. The van der Waals surface area contributed by atoms with Crippen molar-refractivity contribution in [3.05, 3.63) is 45.5 Å². The third kappa shape index (κ3) is 2.34. The summed E-state index contributed by atoms with van der Waals surface area (Å²) in [5.41, 5.74) is 1.61. The van der Waals surface area contributed by atoms with Crippen LogP contribution in [0, 0.1) is 5.82 Å². The van der Waals surface area contributed by atoms with Crippen molar-refractivity contribution in [1.29, 1.82) is 0 Å². The molecule has 1 N–H and O–H groups in total. The molecule has 1 heterocycles. The van der Waals surface area contributed by atoms with E-state index < -0.39 is 0 Å². The van der Waals surface area contributed by atoms with Gasteiger partial charge >= 0.3 is 0 Å². The fourth-order valence-corrected chi connectivity index (χ4v) is 3.12. The molecule has 84 valence electrons. The van der Waals surface area contributed by atoms with E-state index in [0.717, 1.165) is 14.9 Å². The topological polar surface area (TPSA) is 12.0 Å². The molecule has 0 bridgehead atoms. The lowest BCUT2D eigenvalue weighted by Gasteiger charge is -2.05. The van der Waals surface area contributed by atoms with Crippen LogP contribution in [0.2, 0.25) is 0 Å². The molecule has 1 nitrogen and oxygen atoms in total. The van der Waals surface area contributed by atoms with E-state index >= 15 is 0 Å². The zero-order chi connectivity index (χ0) is 11.5.